The van der Waals surface area contributed by atoms with Crippen molar-refractivity contribution < 1.29 is 0 Å². The molecule has 0 bridgehead atoms. The number of anilines is 1. The Morgan fingerprint density at radius 2 is 2.38 bits per heavy atom. The van der Waals surface area contributed by atoms with Crippen molar-refractivity contribution in [3.05, 3.63) is 12.4 Å². The van der Waals surface area contributed by atoms with E-state index in [1.807, 2.05) is 24.0 Å². The topological polar surface area (TPSA) is 29.9 Å². The minimum absolute atomic E-state index is 0.520. The highest BCUT2D eigenvalue weighted by Gasteiger charge is 2.31. The van der Waals surface area contributed by atoms with Crippen LogP contribution in [0.3, 0.4) is 0 Å². The van der Waals surface area contributed by atoms with Gasteiger partial charge in [0, 0.05) is 26.0 Å². The van der Waals surface area contributed by atoms with Gasteiger partial charge in [0.25, 0.3) is 0 Å². The molecule has 0 radical (unpaired) electrons. The maximum absolute atomic E-state index is 4.23. The molecular formula is C10H17N3. The van der Waals surface area contributed by atoms with E-state index >= 15 is 0 Å². The Kier molecular flexibility index (Phi) is 2.02. The fourth-order valence-electron chi connectivity index (χ4n) is 1.79. The maximum atomic E-state index is 4.23. The SMILES string of the molecule is Cn1ccnc1NCC1(C)CCC1. The minimum Gasteiger partial charge on any atom is -0.355 e. The number of imidazole rings is 1. The zero-order valence-corrected chi connectivity index (χ0v) is 8.38. The number of aromatic nitrogens is 2. The van der Waals surface area contributed by atoms with Crippen LogP contribution in [0, 0.1) is 5.41 Å². The lowest BCUT2D eigenvalue weighted by atomic mass is 9.70. The van der Waals surface area contributed by atoms with Crippen LogP contribution in [0.5, 0.6) is 0 Å². The second kappa shape index (κ2) is 3.05. The van der Waals surface area contributed by atoms with Gasteiger partial charge in [-0.15, -0.1) is 0 Å². The fraction of sp³-hybridized carbons (Fsp3) is 0.700. The molecule has 1 N–H and O–H groups in total. The summed E-state index contributed by atoms with van der Waals surface area (Å²) in [4.78, 5) is 4.23. The molecule has 0 saturated heterocycles. The molecule has 0 atom stereocenters. The zero-order valence-electron chi connectivity index (χ0n) is 8.38. The van der Waals surface area contributed by atoms with Gasteiger partial charge in [0.05, 0.1) is 0 Å². The average molecular weight is 179 g/mol. The van der Waals surface area contributed by atoms with E-state index in [1.54, 1.807) is 0 Å². The molecule has 1 heterocycles. The molecule has 2 rings (SSSR count). The first-order chi connectivity index (χ1) is 6.20. The van der Waals surface area contributed by atoms with Crippen LogP contribution in [0.2, 0.25) is 0 Å². The van der Waals surface area contributed by atoms with E-state index < -0.39 is 0 Å². The van der Waals surface area contributed by atoms with Crippen molar-refractivity contribution in [3.63, 3.8) is 0 Å². The third kappa shape index (κ3) is 1.69. The van der Waals surface area contributed by atoms with E-state index in [2.05, 4.69) is 17.2 Å². The summed E-state index contributed by atoms with van der Waals surface area (Å²) < 4.78 is 2.02. The Labute approximate surface area is 79.2 Å². The summed E-state index contributed by atoms with van der Waals surface area (Å²) in [5.41, 5.74) is 0.520. The van der Waals surface area contributed by atoms with Gasteiger partial charge in [-0.25, -0.2) is 4.98 Å². The standard InChI is InChI=1S/C10H17N3/c1-10(4-3-5-10)8-12-9-11-6-7-13(9)2/h6-7H,3-5,8H2,1-2H3,(H,11,12). The van der Waals surface area contributed by atoms with Crippen LogP contribution >= 0.6 is 0 Å². The van der Waals surface area contributed by atoms with Crippen molar-refractivity contribution in [2.24, 2.45) is 12.5 Å². The first kappa shape index (κ1) is 8.60. The number of aryl methyl sites for hydroxylation is 1. The molecule has 1 aromatic rings. The number of nitrogens with one attached hydrogen (secondary N) is 1. The van der Waals surface area contributed by atoms with Crippen LogP contribution in [-0.2, 0) is 7.05 Å². The number of hydrogen-bond donors (Lipinski definition) is 1. The average Bonchev–Trinajstić information content (AvgIpc) is 2.44. The van der Waals surface area contributed by atoms with E-state index in [9.17, 15) is 0 Å². The van der Waals surface area contributed by atoms with Crippen LogP contribution in [0.15, 0.2) is 12.4 Å². The van der Waals surface area contributed by atoms with Gasteiger partial charge in [0.2, 0.25) is 5.95 Å². The molecule has 0 unspecified atom stereocenters. The van der Waals surface area contributed by atoms with E-state index in [1.165, 1.54) is 19.3 Å². The van der Waals surface area contributed by atoms with Gasteiger partial charge < -0.3 is 9.88 Å². The minimum atomic E-state index is 0.520. The van der Waals surface area contributed by atoms with Crippen molar-refractivity contribution in [1.82, 2.24) is 9.55 Å². The van der Waals surface area contributed by atoms with Gasteiger partial charge >= 0.3 is 0 Å². The van der Waals surface area contributed by atoms with Crippen LogP contribution in [0.25, 0.3) is 0 Å². The first-order valence-electron chi connectivity index (χ1n) is 4.91. The zero-order chi connectivity index (χ0) is 9.31. The third-order valence-corrected chi connectivity index (χ3v) is 3.06. The first-order valence-corrected chi connectivity index (χ1v) is 4.91. The summed E-state index contributed by atoms with van der Waals surface area (Å²) in [6.45, 7) is 3.39. The van der Waals surface area contributed by atoms with E-state index in [0.717, 1.165) is 12.5 Å². The highest BCUT2D eigenvalue weighted by molar-refractivity contribution is 5.25. The van der Waals surface area contributed by atoms with Gasteiger partial charge in [0.1, 0.15) is 0 Å². The molecule has 1 aromatic heterocycles. The second-order valence-corrected chi connectivity index (χ2v) is 4.38. The molecule has 0 aliphatic heterocycles. The van der Waals surface area contributed by atoms with Gasteiger partial charge in [-0.2, -0.15) is 0 Å². The third-order valence-electron chi connectivity index (χ3n) is 3.06. The lowest BCUT2D eigenvalue weighted by Crippen LogP contribution is -2.33. The summed E-state index contributed by atoms with van der Waals surface area (Å²) in [5.74, 6) is 0.980. The summed E-state index contributed by atoms with van der Waals surface area (Å²) in [6.07, 6.45) is 7.88. The van der Waals surface area contributed by atoms with Gasteiger partial charge in [0.15, 0.2) is 0 Å². The van der Waals surface area contributed by atoms with Crippen LogP contribution in [0.1, 0.15) is 26.2 Å². The molecule has 0 spiro atoms. The lowest BCUT2D eigenvalue weighted by molar-refractivity contribution is 0.179. The maximum Gasteiger partial charge on any atom is 0.202 e. The molecule has 1 saturated carbocycles. The molecule has 13 heavy (non-hydrogen) atoms. The van der Waals surface area contributed by atoms with Gasteiger partial charge in [-0.1, -0.05) is 13.3 Å². The number of hydrogen-bond acceptors (Lipinski definition) is 2. The Balaban J connectivity index is 1.89. The molecule has 1 fully saturated rings. The summed E-state index contributed by atoms with van der Waals surface area (Å²) in [7, 11) is 2.01. The fourth-order valence-corrected chi connectivity index (χ4v) is 1.79. The normalized spacial score (nSPS) is 19.5. The van der Waals surface area contributed by atoms with Crippen molar-refractivity contribution in [3.8, 4) is 0 Å². The second-order valence-electron chi connectivity index (χ2n) is 4.38. The van der Waals surface area contributed by atoms with Crippen LogP contribution < -0.4 is 5.32 Å². The molecule has 72 valence electrons. The van der Waals surface area contributed by atoms with Crippen molar-refractivity contribution in [2.75, 3.05) is 11.9 Å². The van der Waals surface area contributed by atoms with Crippen LogP contribution in [-0.4, -0.2) is 16.1 Å². The van der Waals surface area contributed by atoms with Crippen molar-refractivity contribution in [2.45, 2.75) is 26.2 Å². The molecule has 1 aliphatic carbocycles. The molecule has 0 amide bonds. The summed E-state index contributed by atoms with van der Waals surface area (Å²) in [6, 6.07) is 0. The summed E-state index contributed by atoms with van der Waals surface area (Å²) in [5, 5.41) is 3.39. The molecule has 0 aromatic carbocycles. The molecular weight excluding hydrogens is 162 g/mol. The monoisotopic (exact) mass is 179 g/mol. The largest absolute Gasteiger partial charge is 0.355 e. The highest BCUT2D eigenvalue weighted by Crippen LogP contribution is 2.39. The highest BCUT2D eigenvalue weighted by atomic mass is 15.2. The molecule has 3 nitrogen and oxygen atoms in total. The number of nitrogens with zero attached hydrogens (tertiary/aromatic N) is 2. The predicted molar refractivity (Wildman–Crippen MR) is 53.7 cm³/mol. The van der Waals surface area contributed by atoms with E-state index in [0.29, 0.717) is 5.41 Å². The molecule has 1 aliphatic rings. The van der Waals surface area contributed by atoms with E-state index in [-0.39, 0.29) is 0 Å². The Morgan fingerprint density at radius 1 is 1.62 bits per heavy atom. The lowest BCUT2D eigenvalue weighted by Gasteiger charge is -2.38. The Morgan fingerprint density at radius 3 is 2.85 bits per heavy atom. The van der Waals surface area contributed by atoms with Gasteiger partial charge in [-0.05, 0) is 18.3 Å². The molecule has 3 heteroatoms. The summed E-state index contributed by atoms with van der Waals surface area (Å²) >= 11 is 0. The number of rotatable bonds is 3. The van der Waals surface area contributed by atoms with Gasteiger partial charge in [-0.3, -0.25) is 0 Å². The quantitative estimate of drug-likeness (QED) is 0.769. The van der Waals surface area contributed by atoms with E-state index in [4.69, 9.17) is 0 Å². The Hall–Kier alpha value is -0.990. The predicted octanol–water partition coefficient (Wildman–Crippen LogP) is 2.02. The van der Waals surface area contributed by atoms with Crippen molar-refractivity contribution in [1.29, 1.82) is 0 Å². The Bertz CT molecular complexity index is 286. The smallest absolute Gasteiger partial charge is 0.202 e. The van der Waals surface area contributed by atoms with Crippen molar-refractivity contribution >= 4 is 5.95 Å². The van der Waals surface area contributed by atoms with Crippen LogP contribution in [0.4, 0.5) is 5.95 Å².